The van der Waals surface area contributed by atoms with Crippen molar-refractivity contribution in [3.8, 4) is 11.5 Å². The number of rotatable bonds is 6. The number of methoxy groups -OCH3 is 2. The van der Waals surface area contributed by atoms with Crippen molar-refractivity contribution in [2.24, 2.45) is 5.16 Å². The molecule has 0 spiro atoms. The van der Waals surface area contributed by atoms with Crippen LogP contribution in [0.1, 0.15) is 24.8 Å². The summed E-state index contributed by atoms with van der Waals surface area (Å²) in [5.74, 6) is 1.03. The van der Waals surface area contributed by atoms with Gasteiger partial charge >= 0.3 is 0 Å². The Morgan fingerprint density at radius 1 is 1.38 bits per heavy atom. The predicted molar refractivity (Wildman–Crippen MR) is 87.6 cm³/mol. The molecule has 130 valence electrons. The van der Waals surface area contributed by atoms with Crippen LogP contribution in [0.4, 0.5) is 0 Å². The van der Waals surface area contributed by atoms with Crippen molar-refractivity contribution in [3.63, 3.8) is 0 Å². The SMILES string of the molecule is COc1cccc(C2=NO[C@@H](C(=O)NC[C@@H]3CCCO3)C2)c1OC. The lowest BCUT2D eigenvalue weighted by Crippen LogP contribution is -2.39. The maximum Gasteiger partial charge on any atom is 0.264 e. The number of carbonyl (C=O) groups excluding carboxylic acids is 1. The van der Waals surface area contributed by atoms with Crippen molar-refractivity contribution in [1.82, 2.24) is 5.32 Å². The summed E-state index contributed by atoms with van der Waals surface area (Å²) in [6.07, 6.45) is 1.89. The van der Waals surface area contributed by atoms with Gasteiger partial charge in [-0.05, 0) is 25.0 Å². The highest BCUT2D eigenvalue weighted by Crippen LogP contribution is 2.33. The van der Waals surface area contributed by atoms with E-state index in [0.717, 1.165) is 25.0 Å². The summed E-state index contributed by atoms with van der Waals surface area (Å²) < 4.78 is 16.2. The van der Waals surface area contributed by atoms with Crippen molar-refractivity contribution >= 4 is 11.6 Å². The van der Waals surface area contributed by atoms with Gasteiger partial charge in [0.05, 0.1) is 26.0 Å². The van der Waals surface area contributed by atoms with Gasteiger partial charge in [0, 0.05) is 25.1 Å². The van der Waals surface area contributed by atoms with E-state index in [2.05, 4.69) is 10.5 Å². The van der Waals surface area contributed by atoms with Crippen molar-refractivity contribution in [2.75, 3.05) is 27.4 Å². The molecule has 24 heavy (non-hydrogen) atoms. The monoisotopic (exact) mass is 334 g/mol. The number of oxime groups is 1. The third kappa shape index (κ3) is 3.46. The quantitative estimate of drug-likeness (QED) is 0.853. The number of carbonyl (C=O) groups is 1. The number of nitrogens with zero attached hydrogens (tertiary/aromatic N) is 1. The van der Waals surface area contributed by atoms with Crippen LogP contribution in [-0.4, -0.2) is 51.2 Å². The Labute approximate surface area is 140 Å². The molecule has 2 aliphatic rings. The van der Waals surface area contributed by atoms with Gasteiger partial charge in [-0.2, -0.15) is 0 Å². The van der Waals surface area contributed by atoms with E-state index in [4.69, 9.17) is 19.0 Å². The largest absolute Gasteiger partial charge is 0.493 e. The Bertz CT molecular complexity index is 625. The highest BCUT2D eigenvalue weighted by Gasteiger charge is 2.31. The van der Waals surface area contributed by atoms with Gasteiger partial charge in [-0.25, -0.2) is 0 Å². The Hall–Kier alpha value is -2.28. The number of para-hydroxylation sites is 1. The molecule has 0 bridgehead atoms. The number of ether oxygens (including phenoxy) is 3. The predicted octanol–water partition coefficient (Wildman–Crippen LogP) is 1.49. The van der Waals surface area contributed by atoms with Crippen LogP contribution in [0.25, 0.3) is 0 Å². The lowest BCUT2D eigenvalue weighted by Gasteiger charge is -2.13. The second kappa shape index (κ2) is 7.53. The molecule has 0 saturated carbocycles. The maximum absolute atomic E-state index is 12.2. The van der Waals surface area contributed by atoms with Crippen molar-refractivity contribution in [3.05, 3.63) is 23.8 Å². The van der Waals surface area contributed by atoms with E-state index in [1.165, 1.54) is 0 Å². The molecule has 7 heteroatoms. The van der Waals surface area contributed by atoms with Gasteiger partial charge in [0.25, 0.3) is 5.91 Å². The summed E-state index contributed by atoms with van der Waals surface area (Å²) in [5, 5.41) is 6.93. The Kier molecular flexibility index (Phi) is 5.20. The summed E-state index contributed by atoms with van der Waals surface area (Å²) >= 11 is 0. The molecule has 0 aliphatic carbocycles. The molecular formula is C17H22N2O5. The van der Waals surface area contributed by atoms with Gasteiger partial charge in [-0.15, -0.1) is 0 Å². The fraction of sp³-hybridized carbons (Fsp3) is 0.529. The van der Waals surface area contributed by atoms with Gasteiger partial charge in [0.15, 0.2) is 11.5 Å². The zero-order chi connectivity index (χ0) is 16.9. The average molecular weight is 334 g/mol. The Balaban J connectivity index is 1.61. The molecule has 2 heterocycles. The molecule has 1 amide bonds. The molecule has 1 saturated heterocycles. The minimum absolute atomic E-state index is 0.106. The first-order valence-corrected chi connectivity index (χ1v) is 8.06. The highest BCUT2D eigenvalue weighted by molar-refractivity contribution is 6.06. The minimum Gasteiger partial charge on any atom is -0.493 e. The second-order valence-electron chi connectivity index (χ2n) is 5.76. The van der Waals surface area contributed by atoms with Crippen LogP contribution in [-0.2, 0) is 14.4 Å². The maximum atomic E-state index is 12.2. The second-order valence-corrected chi connectivity index (χ2v) is 5.76. The number of benzene rings is 1. The summed E-state index contributed by atoms with van der Waals surface area (Å²) in [7, 11) is 3.15. The van der Waals surface area contributed by atoms with E-state index in [1.54, 1.807) is 14.2 Å². The molecule has 2 aliphatic heterocycles. The van der Waals surface area contributed by atoms with Crippen LogP contribution >= 0.6 is 0 Å². The Morgan fingerprint density at radius 2 is 2.25 bits per heavy atom. The van der Waals surface area contributed by atoms with Gasteiger partial charge in [0.1, 0.15) is 0 Å². The lowest BCUT2D eigenvalue weighted by molar-refractivity contribution is -0.131. The third-order valence-corrected chi connectivity index (χ3v) is 4.20. The van der Waals surface area contributed by atoms with E-state index in [1.807, 2.05) is 18.2 Å². The third-order valence-electron chi connectivity index (χ3n) is 4.20. The van der Waals surface area contributed by atoms with Crippen LogP contribution in [0, 0.1) is 0 Å². The van der Waals surface area contributed by atoms with Crippen LogP contribution in [0.5, 0.6) is 11.5 Å². The van der Waals surface area contributed by atoms with Crippen LogP contribution in [0.15, 0.2) is 23.4 Å². The molecular weight excluding hydrogens is 312 g/mol. The molecule has 2 atom stereocenters. The molecule has 0 unspecified atom stereocenters. The van der Waals surface area contributed by atoms with Crippen molar-refractivity contribution < 1.29 is 23.8 Å². The van der Waals surface area contributed by atoms with E-state index < -0.39 is 6.10 Å². The van der Waals surface area contributed by atoms with Crippen molar-refractivity contribution in [2.45, 2.75) is 31.5 Å². The fourth-order valence-corrected chi connectivity index (χ4v) is 2.93. The zero-order valence-corrected chi connectivity index (χ0v) is 13.9. The molecule has 0 radical (unpaired) electrons. The first-order valence-electron chi connectivity index (χ1n) is 8.06. The normalized spacial score (nSPS) is 22.7. The van der Waals surface area contributed by atoms with E-state index in [-0.39, 0.29) is 12.0 Å². The molecule has 3 rings (SSSR count). The summed E-state index contributed by atoms with van der Waals surface area (Å²) in [4.78, 5) is 17.5. The fourth-order valence-electron chi connectivity index (χ4n) is 2.93. The van der Waals surface area contributed by atoms with E-state index in [9.17, 15) is 4.79 Å². The van der Waals surface area contributed by atoms with Crippen LogP contribution in [0.2, 0.25) is 0 Å². The first kappa shape index (κ1) is 16.6. The van der Waals surface area contributed by atoms with E-state index in [0.29, 0.717) is 30.2 Å². The van der Waals surface area contributed by atoms with Crippen molar-refractivity contribution in [1.29, 1.82) is 0 Å². The molecule has 1 aromatic rings. The molecule has 1 N–H and O–H groups in total. The van der Waals surface area contributed by atoms with Crippen LogP contribution in [0.3, 0.4) is 0 Å². The van der Waals surface area contributed by atoms with E-state index >= 15 is 0 Å². The molecule has 7 nitrogen and oxygen atoms in total. The smallest absolute Gasteiger partial charge is 0.264 e. The molecule has 0 aromatic heterocycles. The number of hydrogen-bond donors (Lipinski definition) is 1. The summed E-state index contributed by atoms with van der Waals surface area (Å²) in [6.45, 7) is 1.28. The Morgan fingerprint density at radius 3 is 2.96 bits per heavy atom. The molecule has 1 aromatic carbocycles. The topological polar surface area (TPSA) is 78.4 Å². The van der Waals surface area contributed by atoms with Gasteiger partial charge in [0.2, 0.25) is 6.10 Å². The summed E-state index contributed by atoms with van der Waals surface area (Å²) in [5.41, 5.74) is 1.44. The number of hydrogen-bond acceptors (Lipinski definition) is 6. The highest BCUT2D eigenvalue weighted by atomic mass is 16.6. The van der Waals surface area contributed by atoms with Crippen LogP contribution < -0.4 is 14.8 Å². The number of nitrogens with one attached hydrogen (secondary N) is 1. The summed E-state index contributed by atoms with van der Waals surface area (Å²) in [6, 6.07) is 5.53. The lowest BCUT2D eigenvalue weighted by atomic mass is 10.0. The van der Waals surface area contributed by atoms with Gasteiger partial charge in [-0.1, -0.05) is 11.2 Å². The standard InChI is InChI=1S/C17H22N2O5/c1-21-14-7-3-6-12(16(14)22-2)13-9-15(24-19-13)17(20)18-10-11-5-4-8-23-11/h3,6-7,11,15H,4-5,8-10H2,1-2H3,(H,18,20)/t11-,15+/m0/s1. The molecule has 1 fully saturated rings. The minimum atomic E-state index is -0.627. The van der Waals surface area contributed by atoms with Gasteiger partial charge in [-0.3, -0.25) is 4.79 Å². The number of amides is 1. The zero-order valence-electron chi connectivity index (χ0n) is 13.9. The first-order chi connectivity index (χ1) is 11.7. The van der Waals surface area contributed by atoms with Gasteiger partial charge < -0.3 is 24.4 Å². The average Bonchev–Trinajstić information content (AvgIpc) is 3.30.